The Hall–Kier alpha value is -1.42. The van der Waals surface area contributed by atoms with Gasteiger partial charge in [-0.3, -0.25) is 4.79 Å². The van der Waals surface area contributed by atoms with E-state index in [1.54, 1.807) is 18.2 Å². The summed E-state index contributed by atoms with van der Waals surface area (Å²) in [6, 6.07) is 6.27. The van der Waals surface area contributed by atoms with E-state index in [9.17, 15) is 9.18 Å². The molecule has 0 bridgehead atoms. The second-order valence-corrected chi connectivity index (χ2v) is 5.31. The molecule has 3 nitrogen and oxygen atoms in total. The first-order valence-corrected chi connectivity index (χ1v) is 6.88. The zero-order chi connectivity index (χ0) is 13.7. The molecular weight excluding hydrogens is 243 g/mol. The maximum atomic E-state index is 13.4. The van der Waals surface area contributed by atoms with Crippen LogP contribution in [0.1, 0.15) is 25.7 Å². The summed E-state index contributed by atoms with van der Waals surface area (Å²) in [6.07, 6.45) is 3.68. The summed E-state index contributed by atoms with van der Waals surface area (Å²) in [5.74, 6) is 0.154. The van der Waals surface area contributed by atoms with Crippen molar-refractivity contribution >= 4 is 11.6 Å². The summed E-state index contributed by atoms with van der Waals surface area (Å²) in [7, 11) is 2.13. The Morgan fingerprint density at radius 3 is 2.74 bits per heavy atom. The van der Waals surface area contributed by atoms with Crippen molar-refractivity contribution in [3.05, 3.63) is 30.1 Å². The highest BCUT2D eigenvalue weighted by Crippen LogP contribution is 2.21. The van der Waals surface area contributed by atoms with Crippen LogP contribution in [0, 0.1) is 11.7 Å². The van der Waals surface area contributed by atoms with Gasteiger partial charge in [0.25, 0.3) is 0 Å². The monoisotopic (exact) mass is 264 g/mol. The average Bonchev–Trinajstić information content (AvgIpc) is 2.41. The SMILES string of the molecule is CN1CCC(CCC(=O)Nc2ccccc2F)CC1. The Morgan fingerprint density at radius 1 is 1.37 bits per heavy atom. The topological polar surface area (TPSA) is 32.3 Å². The van der Waals surface area contributed by atoms with E-state index >= 15 is 0 Å². The molecule has 1 aromatic rings. The van der Waals surface area contributed by atoms with Crippen LogP contribution in [0.5, 0.6) is 0 Å². The third-order valence-electron chi connectivity index (χ3n) is 3.77. The molecule has 2 rings (SSSR count). The Balaban J connectivity index is 1.74. The van der Waals surface area contributed by atoms with Crippen molar-refractivity contribution < 1.29 is 9.18 Å². The molecule has 0 spiro atoms. The number of likely N-dealkylation sites (tertiary alicyclic amines) is 1. The first-order valence-electron chi connectivity index (χ1n) is 6.88. The molecular formula is C15H21FN2O. The number of carbonyl (C=O) groups excluding carboxylic acids is 1. The zero-order valence-corrected chi connectivity index (χ0v) is 11.4. The molecule has 0 aliphatic carbocycles. The lowest BCUT2D eigenvalue weighted by Crippen LogP contribution is -2.30. The van der Waals surface area contributed by atoms with Gasteiger partial charge in [0, 0.05) is 6.42 Å². The summed E-state index contributed by atoms with van der Waals surface area (Å²) in [5, 5.41) is 2.63. The van der Waals surface area contributed by atoms with Crippen molar-refractivity contribution in [3.8, 4) is 0 Å². The van der Waals surface area contributed by atoms with Gasteiger partial charge < -0.3 is 10.2 Å². The normalized spacial score (nSPS) is 17.4. The van der Waals surface area contributed by atoms with Gasteiger partial charge >= 0.3 is 0 Å². The molecule has 0 aromatic heterocycles. The second-order valence-electron chi connectivity index (χ2n) is 5.31. The Kier molecular flexibility index (Phi) is 4.91. The van der Waals surface area contributed by atoms with Crippen molar-refractivity contribution in [3.63, 3.8) is 0 Å². The molecule has 1 amide bonds. The fraction of sp³-hybridized carbons (Fsp3) is 0.533. The summed E-state index contributed by atoms with van der Waals surface area (Å²) in [6.45, 7) is 2.22. The van der Waals surface area contributed by atoms with Crippen molar-refractivity contribution in [1.82, 2.24) is 4.90 Å². The highest BCUT2D eigenvalue weighted by molar-refractivity contribution is 5.90. The van der Waals surface area contributed by atoms with E-state index in [4.69, 9.17) is 0 Å². The number of para-hydroxylation sites is 1. The molecule has 4 heteroatoms. The molecule has 1 N–H and O–H groups in total. The van der Waals surface area contributed by atoms with Crippen LogP contribution in [-0.4, -0.2) is 30.9 Å². The first kappa shape index (κ1) is 14.0. The summed E-state index contributed by atoms with van der Waals surface area (Å²) in [4.78, 5) is 14.1. The van der Waals surface area contributed by atoms with Gasteiger partial charge in [0.2, 0.25) is 5.91 Å². The van der Waals surface area contributed by atoms with E-state index in [2.05, 4.69) is 17.3 Å². The molecule has 0 atom stereocenters. The Labute approximate surface area is 113 Å². The molecule has 104 valence electrons. The van der Waals surface area contributed by atoms with Crippen LogP contribution in [0.2, 0.25) is 0 Å². The number of hydrogen-bond acceptors (Lipinski definition) is 2. The van der Waals surface area contributed by atoms with Gasteiger partial charge in [-0.1, -0.05) is 12.1 Å². The number of piperidine rings is 1. The molecule has 0 unspecified atom stereocenters. The average molecular weight is 264 g/mol. The lowest BCUT2D eigenvalue weighted by molar-refractivity contribution is -0.116. The smallest absolute Gasteiger partial charge is 0.224 e. The largest absolute Gasteiger partial charge is 0.324 e. The predicted molar refractivity (Wildman–Crippen MR) is 74.5 cm³/mol. The quantitative estimate of drug-likeness (QED) is 0.907. The minimum Gasteiger partial charge on any atom is -0.324 e. The van der Waals surface area contributed by atoms with Gasteiger partial charge in [-0.2, -0.15) is 0 Å². The molecule has 0 radical (unpaired) electrons. The minimum absolute atomic E-state index is 0.0935. The van der Waals surface area contributed by atoms with Crippen LogP contribution in [0.15, 0.2) is 24.3 Å². The van der Waals surface area contributed by atoms with Gasteiger partial charge in [0.15, 0.2) is 0 Å². The number of halogens is 1. The molecule has 1 aromatic carbocycles. The number of hydrogen-bond donors (Lipinski definition) is 1. The van der Waals surface area contributed by atoms with Crippen LogP contribution < -0.4 is 5.32 Å². The van der Waals surface area contributed by atoms with E-state index in [1.165, 1.54) is 6.07 Å². The van der Waals surface area contributed by atoms with Crippen molar-refractivity contribution in [1.29, 1.82) is 0 Å². The number of rotatable bonds is 4. The molecule has 1 aliphatic rings. The number of anilines is 1. The van der Waals surface area contributed by atoms with Crippen LogP contribution in [0.3, 0.4) is 0 Å². The van der Waals surface area contributed by atoms with E-state index < -0.39 is 0 Å². The number of carbonyl (C=O) groups is 1. The predicted octanol–water partition coefficient (Wildman–Crippen LogP) is 2.89. The standard InChI is InChI=1S/C15H21FN2O/c1-18-10-8-12(9-11-18)6-7-15(19)17-14-5-3-2-4-13(14)16/h2-5,12H,6-11H2,1H3,(H,17,19). The molecule has 1 aliphatic heterocycles. The Morgan fingerprint density at radius 2 is 2.05 bits per heavy atom. The minimum atomic E-state index is -0.379. The number of nitrogens with one attached hydrogen (secondary N) is 1. The third-order valence-corrected chi connectivity index (χ3v) is 3.77. The summed E-state index contributed by atoms with van der Waals surface area (Å²) >= 11 is 0. The van der Waals surface area contributed by atoms with Crippen molar-refractivity contribution in [2.45, 2.75) is 25.7 Å². The zero-order valence-electron chi connectivity index (χ0n) is 11.4. The maximum absolute atomic E-state index is 13.4. The van der Waals surface area contributed by atoms with Crippen LogP contribution in [0.4, 0.5) is 10.1 Å². The molecule has 1 saturated heterocycles. The molecule has 1 heterocycles. The number of benzene rings is 1. The van der Waals surface area contributed by atoms with Crippen molar-refractivity contribution in [2.24, 2.45) is 5.92 Å². The van der Waals surface area contributed by atoms with Gasteiger partial charge in [0.05, 0.1) is 5.69 Å². The fourth-order valence-corrected chi connectivity index (χ4v) is 2.46. The number of amides is 1. The van der Waals surface area contributed by atoms with Gasteiger partial charge in [0.1, 0.15) is 5.82 Å². The molecule has 19 heavy (non-hydrogen) atoms. The van der Waals surface area contributed by atoms with Gasteiger partial charge in [-0.05, 0) is 57.5 Å². The molecule has 0 saturated carbocycles. The first-order chi connectivity index (χ1) is 9.15. The fourth-order valence-electron chi connectivity index (χ4n) is 2.46. The Bertz CT molecular complexity index is 428. The highest BCUT2D eigenvalue weighted by atomic mass is 19.1. The maximum Gasteiger partial charge on any atom is 0.224 e. The second kappa shape index (κ2) is 6.66. The lowest BCUT2D eigenvalue weighted by Gasteiger charge is -2.28. The molecule has 1 fully saturated rings. The van der Waals surface area contributed by atoms with E-state index in [-0.39, 0.29) is 17.4 Å². The van der Waals surface area contributed by atoms with Crippen LogP contribution in [-0.2, 0) is 4.79 Å². The van der Waals surface area contributed by atoms with Crippen LogP contribution in [0.25, 0.3) is 0 Å². The van der Waals surface area contributed by atoms with E-state index in [0.717, 1.165) is 32.4 Å². The van der Waals surface area contributed by atoms with Gasteiger partial charge in [-0.25, -0.2) is 4.39 Å². The highest BCUT2D eigenvalue weighted by Gasteiger charge is 2.17. The van der Waals surface area contributed by atoms with Gasteiger partial charge in [-0.15, -0.1) is 0 Å². The van der Waals surface area contributed by atoms with Crippen molar-refractivity contribution in [2.75, 3.05) is 25.5 Å². The van der Waals surface area contributed by atoms with E-state index in [0.29, 0.717) is 12.3 Å². The van der Waals surface area contributed by atoms with Crippen LogP contribution >= 0.6 is 0 Å². The summed E-state index contributed by atoms with van der Waals surface area (Å²) < 4.78 is 13.4. The number of nitrogens with zero attached hydrogens (tertiary/aromatic N) is 1. The third kappa shape index (κ3) is 4.31. The lowest BCUT2D eigenvalue weighted by atomic mass is 9.92. The summed E-state index contributed by atoms with van der Waals surface area (Å²) in [5.41, 5.74) is 0.274. The van der Waals surface area contributed by atoms with E-state index in [1.807, 2.05) is 0 Å².